The van der Waals surface area contributed by atoms with E-state index in [-0.39, 0.29) is 12.1 Å². The van der Waals surface area contributed by atoms with Crippen molar-refractivity contribution < 1.29 is 9.53 Å². The van der Waals surface area contributed by atoms with Crippen LogP contribution in [0.5, 0.6) is 0 Å². The molecule has 0 spiro atoms. The fourth-order valence-electron chi connectivity index (χ4n) is 2.74. The van der Waals surface area contributed by atoms with E-state index in [2.05, 4.69) is 9.98 Å². The third-order valence-electron chi connectivity index (χ3n) is 3.98. The van der Waals surface area contributed by atoms with E-state index in [1.54, 1.807) is 17.3 Å². The number of carbonyl (C=O) groups is 1. The Morgan fingerprint density at radius 3 is 2.76 bits per heavy atom. The number of aliphatic imine (C=N–C) groups is 1. The van der Waals surface area contributed by atoms with Gasteiger partial charge in [0.1, 0.15) is 5.60 Å². The van der Waals surface area contributed by atoms with Gasteiger partial charge in [-0.3, -0.25) is 9.98 Å². The number of nitrogens with zero attached hydrogens (tertiary/aromatic N) is 3. The summed E-state index contributed by atoms with van der Waals surface area (Å²) in [6.07, 6.45) is 5.68. The van der Waals surface area contributed by atoms with E-state index in [1.807, 2.05) is 46.9 Å². The third-order valence-corrected chi connectivity index (χ3v) is 3.98. The Hall–Kier alpha value is -2.37. The first-order valence-electron chi connectivity index (χ1n) is 8.56. The fraction of sp³-hybridized carbons (Fsp3) is 0.526. The number of rotatable bonds is 3. The predicted molar refractivity (Wildman–Crippen MR) is 101 cm³/mol. The van der Waals surface area contributed by atoms with Gasteiger partial charge in [-0.05, 0) is 52.7 Å². The number of pyridine rings is 1. The summed E-state index contributed by atoms with van der Waals surface area (Å²) in [5.41, 5.74) is 9.18. The molecule has 2 rings (SSSR count). The smallest absolute Gasteiger partial charge is 0.410 e. The van der Waals surface area contributed by atoms with Gasteiger partial charge in [0.2, 0.25) is 0 Å². The minimum absolute atomic E-state index is 0.0567. The Morgan fingerprint density at radius 2 is 2.16 bits per heavy atom. The van der Waals surface area contributed by atoms with E-state index in [0.717, 1.165) is 28.8 Å². The highest BCUT2D eigenvalue weighted by Gasteiger charge is 2.29. The summed E-state index contributed by atoms with van der Waals surface area (Å²) in [6, 6.07) is 2.08. The van der Waals surface area contributed by atoms with Crippen molar-refractivity contribution in [1.82, 2.24) is 9.88 Å². The standard InChI is InChI=1S/C19H28N4O2/c1-13-8-14(2)21-11-17(13)15(9-20)10-22-16-6-7-23(12-16)18(24)25-19(3,4)5/h8-11,16H,6-7,12,20H2,1-5H3/b15-9+,22-10?. The second-order valence-corrected chi connectivity index (χ2v) is 7.41. The molecule has 1 aromatic heterocycles. The van der Waals surface area contributed by atoms with E-state index in [4.69, 9.17) is 10.5 Å². The van der Waals surface area contributed by atoms with Crippen molar-refractivity contribution in [3.05, 3.63) is 35.3 Å². The topological polar surface area (TPSA) is 80.8 Å². The molecule has 2 N–H and O–H groups in total. The molecule has 1 amide bonds. The predicted octanol–water partition coefficient (Wildman–Crippen LogP) is 3.08. The first-order valence-corrected chi connectivity index (χ1v) is 8.56. The minimum Gasteiger partial charge on any atom is -0.444 e. The van der Waals surface area contributed by atoms with Gasteiger partial charge in [-0.15, -0.1) is 0 Å². The summed E-state index contributed by atoms with van der Waals surface area (Å²) < 4.78 is 5.41. The van der Waals surface area contributed by atoms with E-state index < -0.39 is 5.60 Å². The van der Waals surface area contributed by atoms with Gasteiger partial charge in [0.05, 0.1) is 6.04 Å². The monoisotopic (exact) mass is 344 g/mol. The lowest BCUT2D eigenvalue weighted by molar-refractivity contribution is 0.0293. The molecule has 0 aromatic carbocycles. The van der Waals surface area contributed by atoms with Gasteiger partial charge in [0.15, 0.2) is 0 Å². The average Bonchev–Trinajstić information content (AvgIpc) is 2.97. The van der Waals surface area contributed by atoms with Crippen LogP contribution < -0.4 is 5.73 Å². The molecule has 2 heterocycles. The number of hydrogen-bond donors (Lipinski definition) is 1. The van der Waals surface area contributed by atoms with Crippen LogP contribution in [0.15, 0.2) is 23.5 Å². The lowest BCUT2D eigenvalue weighted by Gasteiger charge is -2.24. The van der Waals surface area contributed by atoms with Gasteiger partial charge >= 0.3 is 6.09 Å². The molecular formula is C19H28N4O2. The molecule has 1 fully saturated rings. The van der Waals surface area contributed by atoms with Gasteiger partial charge in [0, 0.05) is 48.5 Å². The highest BCUT2D eigenvalue weighted by atomic mass is 16.6. The maximum Gasteiger partial charge on any atom is 0.410 e. The molecule has 1 saturated heterocycles. The molecule has 0 saturated carbocycles. The van der Waals surface area contributed by atoms with Crippen molar-refractivity contribution in [2.24, 2.45) is 10.7 Å². The van der Waals surface area contributed by atoms with Crippen LogP contribution in [-0.4, -0.2) is 46.9 Å². The Kier molecular flexibility index (Phi) is 5.82. The Bertz CT molecular complexity index is 689. The molecule has 25 heavy (non-hydrogen) atoms. The molecular weight excluding hydrogens is 316 g/mol. The fourth-order valence-corrected chi connectivity index (χ4v) is 2.74. The lowest BCUT2D eigenvalue weighted by Crippen LogP contribution is -2.35. The molecule has 1 aliphatic heterocycles. The summed E-state index contributed by atoms with van der Waals surface area (Å²) >= 11 is 0. The Labute approximate surface area is 149 Å². The van der Waals surface area contributed by atoms with Gasteiger partial charge in [0.25, 0.3) is 0 Å². The summed E-state index contributed by atoms with van der Waals surface area (Å²) in [5.74, 6) is 0. The molecule has 1 atom stereocenters. The minimum atomic E-state index is -0.482. The van der Waals surface area contributed by atoms with Gasteiger partial charge in [-0.1, -0.05) is 0 Å². The zero-order valence-electron chi connectivity index (χ0n) is 15.7. The number of likely N-dealkylation sites (tertiary alicyclic amines) is 1. The number of ether oxygens (including phenoxy) is 1. The molecule has 6 heteroatoms. The first-order chi connectivity index (χ1) is 11.7. The van der Waals surface area contributed by atoms with Crippen LogP contribution in [0.3, 0.4) is 0 Å². The highest BCUT2D eigenvalue weighted by Crippen LogP contribution is 2.19. The van der Waals surface area contributed by atoms with Crippen molar-refractivity contribution in [2.75, 3.05) is 13.1 Å². The third kappa shape index (κ3) is 5.31. The zero-order chi connectivity index (χ0) is 18.6. The van der Waals surface area contributed by atoms with E-state index in [1.165, 1.54) is 0 Å². The normalized spacial score (nSPS) is 18.8. The Balaban J connectivity index is 2.01. The van der Waals surface area contributed by atoms with E-state index in [0.29, 0.717) is 13.1 Å². The van der Waals surface area contributed by atoms with Crippen molar-refractivity contribution in [2.45, 2.75) is 52.7 Å². The molecule has 0 bridgehead atoms. The van der Waals surface area contributed by atoms with E-state index >= 15 is 0 Å². The number of aromatic nitrogens is 1. The van der Waals surface area contributed by atoms with Gasteiger partial charge < -0.3 is 15.4 Å². The summed E-state index contributed by atoms with van der Waals surface area (Å²) in [5, 5.41) is 0. The van der Waals surface area contributed by atoms with Crippen molar-refractivity contribution >= 4 is 17.9 Å². The number of amides is 1. The second kappa shape index (κ2) is 7.68. The van der Waals surface area contributed by atoms with Crippen LogP contribution in [0.1, 0.15) is 44.0 Å². The van der Waals surface area contributed by atoms with Gasteiger partial charge in [-0.2, -0.15) is 0 Å². The molecule has 136 valence electrons. The van der Waals surface area contributed by atoms with E-state index in [9.17, 15) is 4.79 Å². The quantitative estimate of drug-likeness (QED) is 0.855. The van der Waals surface area contributed by atoms with Crippen LogP contribution >= 0.6 is 0 Å². The van der Waals surface area contributed by atoms with Crippen LogP contribution in [0.25, 0.3) is 5.57 Å². The van der Waals surface area contributed by atoms with Crippen LogP contribution in [0.4, 0.5) is 4.79 Å². The molecule has 0 radical (unpaired) electrons. The lowest BCUT2D eigenvalue weighted by atomic mass is 10.0. The van der Waals surface area contributed by atoms with Crippen LogP contribution in [0.2, 0.25) is 0 Å². The Morgan fingerprint density at radius 1 is 1.44 bits per heavy atom. The number of allylic oxidation sites excluding steroid dienone is 1. The maximum absolute atomic E-state index is 12.1. The van der Waals surface area contributed by atoms with Crippen LogP contribution in [0, 0.1) is 13.8 Å². The summed E-state index contributed by atoms with van der Waals surface area (Å²) in [7, 11) is 0. The first kappa shape index (κ1) is 19.0. The van der Waals surface area contributed by atoms with Crippen molar-refractivity contribution in [3.63, 3.8) is 0 Å². The second-order valence-electron chi connectivity index (χ2n) is 7.41. The number of aryl methyl sites for hydroxylation is 2. The molecule has 6 nitrogen and oxygen atoms in total. The number of hydrogen-bond acceptors (Lipinski definition) is 5. The summed E-state index contributed by atoms with van der Waals surface area (Å²) in [6.45, 7) is 10.8. The maximum atomic E-state index is 12.1. The molecule has 1 aromatic rings. The van der Waals surface area contributed by atoms with Crippen molar-refractivity contribution in [1.29, 1.82) is 0 Å². The molecule has 0 aliphatic carbocycles. The molecule has 1 unspecified atom stereocenters. The number of nitrogens with two attached hydrogens (primary N) is 1. The van der Waals surface area contributed by atoms with Gasteiger partial charge in [-0.25, -0.2) is 4.79 Å². The SMILES string of the molecule is Cc1cc(C)c(/C(C=NC2CCN(C(=O)OC(C)(C)C)C2)=C/N)cn1. The number of carbonyl (C=O) groups excluding carboxylic acids is 1. The molecule has 1 aliphatic rings. The van der Waals surface area contributed by atoms with Crippen LogP contribution in [-0.2, 0) is 4.74 Å². The summed E-state index contributed by atoms with van der Waals surface area (Å²) in [4.78, 5) is 22.8. The van der Waals surface area contributed by atoms with Crippen molar-refractivity contribution in [3.8, 4) is 0 Å². The highest BCUT2D eigenvalue weighted by molar-refractivity contribution is 6.10. The largest absolute Gasteiger partial charge is 0.444 e. The average molecular weight is 344 g/mol. The zero-order valence-corrected chi connectivity index (χ0v) is 15.7.